The second kappa shape index (κ2) is 5.69. The van der Waals surface area contributed by atoms with Crippen molar-refractivity contribution in [3.63, 3.8) is 0 Å². The van der Waals surface area contributed by atoms with Gasteiger partial charge >= 0.3 is 0 Å². The highest BCUT2D eigenvalue weighted by atomic mass is 35.5. The zero-order valence-corrected chi connectivity index (χ0v) is 10.5. The second-order valence-electron chi connectivity index (χ2n) is 3.67. The van der Waals surface area contributed by atoms with Gasteiger partial charge in [-0.15, -0.1) is 22.9 Å². The van der Waals surface area contributed by atoms with Crippen LogP contribution in [-0.4, -0.2) is 28.9 Å². The van der Waals surface area contributed by atoms with Crippen LogP contribution in [0.15, 0.2) is 5.38 Å². The highest BCUT2D eigenvalue weighted by Gasteiger charge is 2.04. The molecule has 0 fully saturated rings. The van der Waals surface area contributed by atoms with E-state index in [-0.39, 0.29) is 5.38 Å². The second-order valence-corrected chi connectivity index (χ2v) is 5.47. The Hall–Kier alpha value is -0.120. The molecule has 1 aromatic heterocycles. The molecular formula is C10H17ClN2S. The summed E-state index contributed by atoms with van der Waals surface area (Å²) in [6.45, 7) is 6.02. The lowest BCUT2D eigenvalue weighted by atomic mass is 10.3. The van der Waals surface area contributed by atoms with Gasteiger partial charge in [0.1, 0.15) is 0 Å². The van der Waals surface area contributed by atoms with Crippen molar-refractivity contribution in [3.8, 4) is 0 Å². The topological polar surface area (TPSA) is 16.1 Å². The predicted molar refractivity (Wildman–Crippen MR) is 63.1 cm³/mol. The van der Waals surface area contributed by atoms with E-state index in [1.54, 1.807) is 11.3 Å². The normalized spacial score (nSPS) is 13.5. The lowest BCUT2D eigenvalue weighted by Crippen LogP contribution is -2.21. The van der Waals surface area contributed by atoms with Crippen molar-refractivity contribution >= 4 is 22.9 Å². The van der Waals surface area contributed by atoms with E-state index in [9.17, 15) is 0 Å². The Bertz CT molecular complexity index is 273. The molecule has 0 aromatic carbocycles. The van der Waals surface area contributed by atoms with Crippen LogP contribution in [0.5, 0.6) is 0 Å². The van der Waals surface area contributed by atoms with Crippen molar-refractivity contribution in [1.29, 1.82) is 0 Å². The van der Waals surface area contributed by atoms with Gasteiger partial charge < -0.3 is 4.90 Å². The van der Waals surface area contributed by atoms with Crippen LogP contribution in [0, 0.1) is 6.92 Å². The van der Waals surface area contributed by atoms with Gasteiger partial charge in [-0.2, -0.15) is 0 Å². The summed E-state index contributed by atoms with van der Waals surface area (Å²) in [5.41, 5.74) is 1.16. The van der Waals surface area contributed by atoms with Crippen LogP contribution in [-0.2, 0) is 6.54 Å². The maximum atomic E-state index is 5.89. The lowest BCUT2D eigenvalue weighted by molar-refractivity contribution is 0.318. The molecule has 0 aliphatic rings. The first-order valence-corrected chi connectivity index (χ1v) is 6.13. The van der Waals surface area contributed by atoms with Gasteiger partial charge in [0.15, 0.2) is 0 Å². The third-order valence-electron chi connectivity index (χ3n) is 2.01. The number of nitrogens with zero attached hydrogens (tertiary/aromatic N) is 2. The zero-order chi connectivity index (χ0) is 10.6. The molecule has 0 aliphatic carbocycles. The lowest BCUT2D eigenvalue weighted by Gasteiger charge is -2.15. The number of aryl methyl sites for hydroxylation is 1. The Morgan fingerprint density at radius 3 is 2.86 bits per heavy atom. The molecule has 80 valence electrons. The van der Waals surface area contributed by atoms with E-state index < -0.39 is 0 Å². The fourth-order valence-electron chi connectivity index (χ4n) is 1.23. The van der Waals surface area contributed by atoms with Gasteiger partial charge in [-0.3, -0.25) is 0 Å². The fraction of sp³-hybridized carbons (Fsp3) is 0.700. The Morgan fingerprint density at radius 2 is 2.36 bits per heavy atom. The minimum absolute atomic E-state index is 0.259. The largest absolute Gasteiger partial charge is 0.300 e. The van der Waals surface area contributed by atoms with E-state index >= 15 is 0 Å². The fourth-order valence-corrected chi connectivity index (χ4v) is 1.94. The molecule has 0 aliphatic heterocycles. The van der Waals surface area contributed by atoms with Crippen molar-refractivity contribution in [2.24, 2.45) is 0 Å². The average molecular weight is 233 g/mol. The smallest absolute Gasteiger partial charge is 0.0897 e. The van der Waals surface area contributed by atoms with Crippen molar-refractivity contribution < 1.29 is 0 Å². The van der Waals surface area contributed by atoms with Crippen LogP contribution in [0.4, 0.5) is 0 Å². The molecule has 0 bridgehead atoms. The van der Waals surface area contributed by atoms with Gasteiger partial charge in [0.25, 0.3) is 0 Å². The highest BCUT2D eigenvalue weighted by molar-refractivity contribution is 7.09. The number of aromatic nitrogens is 1. The molecule has 1 heterocycles. The van der Waals surface area contributed by atoms with Crippen molar-refractivity contribution in [1.82, 2.24) is 9.88 Å². The molecule has 0 N–H and O–H groups in total. The SMILES string of the molecule is Cc1nc(CN(C)CCC(C)Cl)cs1. The van der Waals surface area contributed by atoms with Gasteiger partial charge in [0.05, 0.1) is 10.7 Å². The van der Waals surface area contributed by atoms with Gasteiger partial charge in [-0.25, -0.2) is 4.98 Å². The Morgan fingerprint density at radius 1 is 1.64 bits per heavy atom. The van der Waals surface area contributed by atoms with Gasteiger partial charge in [-0.1, -0.05) is 0 Å². The minimum atomic E-state index is 0.259. The maximum Gasteiger partial charge on any atom is 0.0897 e. The first kappa shape index (κ1) is 12.0. The maximum absolute atomic E-state index is 5.89. The summed E-state index contributed by atoms with van der Waals surface area (Å²) in [4.78, 5) is 6.68. The Labute approximate surface area is 94.9 Å². The van der Waals surface area contributed by atoms with Crippen LogP contribution in [0.25, 0.3) is 0 Å². The zero-order valence-electron chi connectivity index (χ0n) is 8.96. The van der Waals surface area contributed by atoms with Crippen molar-refractivity contribution in [3.05, 3.63) is 16.1 Å². The van der Waals surface area contributed by atoms with E-state index in [0.717, 1.165) is 30.2 Å². The van der Waals surface area contributed by atoms with Crippen molar-refractivity contribution in [2.45, 2.75) is 32.2 Å². The number of alkyl halides is 1. The molecule has 0 amide bonds. The highest BCUT2D eigenvalue weighted by Crippen LogP contribution is 2.10. The van der Waals surface area contributed by atoms with E-state index in [1.807, 2.05) is 13.8 Å². The number of halogens is 1. The number of thiazole rings is 1. The summed E-state index contributed by atoms with van der Waals surface area (Å²) in [7, 11) is 2.11. The number of hydrogen-bond acceptors (Lipinski definition) is 3. The van der Waals surface area contributed by atoms with Crippen LogP contribution in [0.2, 0.25) is 0 Å². The first-order chi connectivity index (χ1) is 6.58. The Kier molecular flexibility index (Phi) is 4.85. The summed E-state index contributed by atoms with van der Waals surface area (Å²) in [5, 5.41) is 3.52. The molecule has 1 atom stereocenters. The van der Waals surface area contributed by atoms with Gasteiger partial charge in [-0.05, 0) is 33.9 Å². The van der Waals surface area contributed by atoms with Gasteiger partial charge in [0.2, 0.25) is 0 Å². The summed E-state index contributed by atoms with van der Waals surface area (Å²) in [6, 6.07) is 0. The molecule has 14 heavy (non-hydrogen) atoms. The third-order valence-corrected chi connectivity index (χ3v) is 3.05. The molecule has 0 spiro atoms. The summed E-state index contributed by atoms with van der Waals surface area (Å²) in [6.07, 6.45) is 1.03. The van der Waals surface area contributed by atoms with Crippen LogP contribution in [0.3, 0.4) is 0 Å². The van der Waals surface area contributed by atoms with Crippen LogP contribution in [0.1, 0.15) is 24.0 Å². The molecule has 0 saturated carbocycles. The number of rotatable bonds is 5. The molecule has 4 heteroatoms. The van der Waals surface area contributed by atoms with E-state index in [0.29, 0.717) is 0 Å². The van der Waals surface area contributed by atoms with E-state index in [2.05, 4.69) is 22.3 Å². The number of hydrogen-bond donors (Lipinski definition) is 0. The summed E-state index contributed by atoms with van der Waals surface area (Å²) in [5.74, 6) is 0. The molecule has 1 unspecified atom stereocenters. The molecule has 2 nitrogen and oxygen atoms in total. The first-order valence-electron chi connectivity index (χ1n) is 4.81. The van der Waals surface area contributed by atoms with E-state index in [1.165, 1.54) is 0 Å². The monoisotopic (exact) mass is 232 g/mol. The summed E-state index contributed by atoms with van der Waals surface area (Å²) >= 11 is 7.60. The van der Waals surface area contributed by atoms with Gasteiger partial charge in [0, 0.05) is 17.3 Å². The average Bonchev–Trinajstić information content (AvgIpc) is 2.48. The van der Waals surface area contributed by atoms with Crippen LogP contribution < -0.4 is 0 Å². The molecular weight excluding hydrogens is 216 g/mol. The van der Waals surface area contributed by atoms with Crippen LogP contribution >= 0.6 is 22.9 Å². The molecule has 1 rings (SSSR count). The molecule has 0 saturated heterocycles. The van der Waals surface area contributed by atoms with E-state index in [4.69, 9.17) is 11.6 Å². The predicted octanol–water partition coefficient (Wildman–Crippen LogP) is 2.90. The summed E-state index contributed by atoms with van der Waals surface area (Å²) < 4.78 is 0. The third kappa shape index (κ3) is 4.40. The minimum Gasteiger partial charge on any atom is -0.300 e. The molecule has 1 aromatic rings. The Balaban J connectivity index is 2.30. The standard InChI is InChI=1S/C10H17ClN2S/c1-8(11)4-5-13(3)6-10-7-14-9(2)12-10/h7-8H,4-6H2,1-3H3. The quantitative estimate of drug-likeness (QED) is 0.726. The van der Waals surface area contributed by atoms with Crippen molar-refractivity contribution in [2.75, 3.05) is 13.6 Å². The molecule has 0 radical (unpaired) electrons.